The van der Waals surface area contributed by atoms with E-state index in [9.17, 15) is 9.59 Å². The Kier molecular flexibility index (Phi) is 5.24. The first-order valence-electron chi connectivity index (χ1n) is 7.53. The maximum atomic E-state index is 12.3. The topological polar surface area (TPSA) is 94.7 Å². The molecule has 128 valence electrons. The van der Waals surface area contributed by atoms with E-state index in [1.54, 1.807) is 12.1 Å². The van der Waals surface area contributed by atoms with Crippen molar-refractivity contribution in [2.45, 2.75) is 11.4 Å². The molecule has 3 rings (SSSR count). The summed E-state index contributed by atoms with van der Waals surface area (Å²) < 4.78 is 2.75. The SMILES string of the molecule is CSc1ccccc1C(=O)NCCn1nc(-n2cncn2)ccc1=O. The first-order chi connectivity index (χ1) is 12.2. The van der Waals surface area contributed by atoms with Gasteiger partial charge in [0.1, 0.15) is 12.7 Å². The predicted octanol–water partition coefficient (Wildman–Crippen LogP) is 0.976. The number of carbonyl (C=O) groups is 1. The van der Waals surface area contributed by atoms with Crippen LogP contribution in [0.15, 0.2) is 58.7 Å². The lowest BCUT2D eigenvalue weighted by atomic mass is 10.2. The van der Waals surface area contributed by atoms with Crippen molar-refractivity contribution in [3.05, 3.63) is 65.0 Å². The van der Waals surface area contributed by atoms with Crippen LogP contribution in [0.1, 0.15) is 10.4 Å². The number of hydrogen-bond donors (Lipinski definition) is 1. The van der Waals surface area contributed by atoms with Crippen LogP contribution < -0.4 is 10.9 Å². The molecule has 1 amide bonds. The summed E-state index contributed by atoms with van der Waals surface area (Å²) in [5.74, 6) is 0.307. The molecule has 0 atom stereocenters. The van der Waals surface area contributed by atoms with Gasteiger partial charge in [-0.15, -0.1) is 16.9 Å². The van der Waals surface area contributed by atoms with Crippen molar-refractivity contribution in [3.63, 3.8) is 0 Å². The Bertz CT molecular complexity index is 922. The molecule has 0 aliphatic rings. The number of carbonyl (C=O) groups excluding carboxylic acids is 1. The lowest BCUT2D eigenvalue weighted by molar-refractivity contribution is 0.0949. The van der Waals surface area contributed by atoms with Crippen molar-refractivity contribution < 1.29 is 4.79 Å². The molecule has 1 aromatic carbocycles. The molecule has 0 bridgehead atoms. The Hall–Kier alpha value is -2.94. The van der Waals surface area contributed by atoms with Gasteiger partial charge >= 0.3 is 0 Å². The summed E-state index contributed by atoms with van der Waals surface area (Å²) in [6.07, 6.45) is 4.81. The second-order valence-electron chi connectivity index (χ2n) is 5.05. The van der Waals surface area contributed by atoms with E-state index in [1.165, 1.54) is 39.8 Å². The molecule has 0 radical (unpaired) electrons. The highest BCUT2D eigenvalue weighted by atomic mass is 32.2. The van der Waals surface area contributed by atoms with Crippen molar-refractivity contribution >= 4 is 17.7 Å². The summed E-state index contributed by atoms with van der Waals surface area (Å²) in [5, 5.41) is 11.0. The molecule has 25 heavy (non-hydrogen) atoms. The largest absolute Gasteiger partial charge is 0.350 e. The van der Waals surface area contributed by atoms with Gasteiger partial charge in [-0.25, -0.2) is 14.3 Å². The van der Waals surface area contributed by atoms with E-state index in [0.29, 0.717) is 11.4 Å². The molecule has 0 fully saturated rings. The van der Waals surface area contributed by atoms with E-state index in [1.807, 2.05) is 24.5 Å². The number of benzene rings is 1. The standard InChI is InChI=1S/C16H16N6O2S/c1-25-13-5-3-2-4-12(13)16(24)18-8-9-21-15(23)7-6-14(20-21)22-11-17-10-19-22/h2-7,10-11H,8-9H2,1H3,(H,18,24). The van der Waals surface area contributed by atoms with Crippen LogP contribution in [0, 0.1) is 0 Å². The first-order valence-corrected chi connectivity index (χ1v) is 8.76. The lowest BCUT2D eigenvalue weighted by Crippen LogP contribution is -2.32. The molecule has 0 aliphatic heterocycles. The van der Waals surface area contributed by atoms with Gasteiger partial charge in [0.2, 0.25) is 0 Å². The van der Waals surface area contributed by atoms with E-state index in [2.05, 4.69) is 20.5 Å². The summed E-state index contributed by atoms with van der Waals surface area (Å²) >= 11 is 1.51. The van der Waals surface area contributed by atoms with E-state index in [-0.39, 0.29) is 24.6 Å². The van der Waals surface area contributed by atoms with Gasteiger partial charge in [0.05, 0.1) is 12.1 Å². The number of nitrogens with zero attached hydrogens (tertiary/aromatic N) is 5. The Balaban J connectivity index is 1.67. The first kappa shape index (κ1) is 16.9. The minimum Gasteiger partial charge on any atom is -0.350 e. The quantitative estimate of drug-likeness (QED) is 0.662. The molecule has 0 saturated carbocycles. The predicted molar refractivity (Wildman–Crippen MR) is 94.0 cm³/mol. The fourth-order valence-corrected chi connectivity index (χ4v) is 2.85. The molecule has 9 heteroatoms. The summed E-state index contributed by atoms with van der Waals surface area (Å²) in [6.45, 7) is 0.545. The zero-order chi connectivity index (χ0) is 17.6. The second kappa shape index (κ2) is 7.75. The van der Waals surface area contributed by atoms with Gasteiger partial charge in [-0.2, -0.15) is 5.10 Å². The Morgan fingerprint density at radius 2 is 2.08 bits per heavy atom. The number of rotatable bonds is 6. The monoisotopic (exact) mass is 356 g/mol. The average Bonchev–Trinajstić information content (AvgIpc) is 3.17. The number of hydrogen-bond acceptors (Lipinski definition) is 6. The zero-order valence-corrected chi connectivity index (χ0v) is 14.3. The number of thioether (sulfide) groups is 1. The fourth-order valence-electron chi connectivity index (χ4n) is 2.25. The Morgan fingerprint density at radius 3 is 2.84 bits per heavy atom. The summed E-state index contributed by atoms with van der Waals surface area (Å²) in [5.41, 5.74) is 0.370. The van der Waals surface area contributed by atoms with Crippen LogP contribution in [0.5, 0.6) is 0 Å². The highest BCUT2D eigenvalue weighted by Crippen LogP contribution is 2.19. The molecule has 0 spiro atoms. The molecule has 3 aromatic rings. The molecule has 0 unspecified atom stereocenters. The lowest BCUT2D eigenvalue weighted by Gasteiger charge is -2.10. The molecule has 8 nitrogen and oxygen atoms in total. The van der Waals surface area contributed by atoms with Gasteiger partial charge in [0.15, 0.2) is 5.82 Å². The fraction of sp³-hybridized carbons (Fsp3) is 0.188. The summed E-state index contributed by atoms with van der Waals surface area (Å²) in [4.78, 5) is 29.0. The molecule has 0 aliphatic carbocycles. The van der Waals surface area contributed by atoms with Crippen molar-refractivity contribution in [1.82, 2.24) is 29.9 Å². The van der Waals surface area contributed by atoms with E-state index in [4.69, 9.17) is 0 Å². The van der Waals surface area contributed by atoms with Crippen molar-refractivity contribution in [2.24, 2.45) is 0 Å². The van der Waals surface area contributed by atoms with Gasteiger partial charge in [-0.3, -0.25) is 9.59 Å². The van der Waals surface area contributed by atoms with Crippen LogP contribution in [0.25, 0.3) is 5.82 Å². The third kappa shape index (κ3) is 3.94. The highest BCUT2D eigenvalue weighted by Gasteiger charge is 2.10. The van der Waals surface area contributed by atoms with Crippen LogP contribution in [-0.4, -0.2) is 43.3 Å². The van der Waals surface area contributed by atoms with E-state index >= 15 is 0 Å². The van der Waals surface area contributed by atoms with Gasteiger partial charge in [-0.1, -0.05) is 12.1 Å². The molecule has 1 N–H and O–H groups in total. The normalized spacial score (nSPS) is 10.6. The second-order valence-corrected chi connectivity index (χ2v) is 5.90. The van der Waals surface area contributed by atoms with E-state index in [0.717, 1.165) is 4.90 Å². The average molecular weight is 356 g/mol. The van der Waals surface area contributed by atoms with Gasteiger partial charge in [0.25, 0.3) is 11.5 Å². The van der Waals surface area contributed by atoms with Crippen LogP contribution in [0.4, 0.5) is 0 Å². The zero-order valence-electron chi connectivity index (χ0n) is 13.5. The number of nitrogens with one attached hydrogen (secondary N) is 1. The van der Waals surface area contributed by atoms with Gasteiger partial charge in [-0.05, 0) is 24.5 Å². The van der Waals surface area contributed by atoms with Crippen LogP contribution in [0.3, 0.4) is 0 Å². The van der Waals surface area contributed by atoms with Crippen LogP contribution in [0.2, 0.25) is 0 Å². The van der Waals surface area contributed by atoms with Crippen LogP contribution in [-0.2, 0) is 6.54 Å². The van der Waals surface area contributed by atoms with Crippen molar-refractivity contribution in [1.29, 1.82) is 0 Å². The van der Waals surface area contributed by atoms with Crippen molar-refractivity contribution in [3.8, 4) is 5.82 Å². The number of amides is 1. The molecule has 2 heterocycles. The minimum atomic E-state index is -0.248. The molecular weight excluding hydrogens is 340 g/mol. The maximum absolute atomic E-state index is 12.3. The smallest absolute Gasteiger partial charge is 0.266 e. The summed E-state index contributed by atoms with van der Waals surface area (Å²) in [6, 6.07) is 10.4. The Morgan fingerprint density at radius 1 is 1.24 bits per heavy atom. The molecule has 2 aromatic heterocycles. The third-order valence-electron chi connectivity index (χ3n) is 3.47. The van der Waals surface area contributed by atoms with Gasteiger partial charge in [0, 0.05) is 17.5 Å². The molecule has 0 saturated heterocycles. The minimum absolute atomic E-state index is 0.176. The third-order valence-corrected chi connectivity index (χ3v) is 4.26. The van der Waals surface area contributed by atoms with Crippen LogP contribution >= 0.6 is 11.8 Å². The Labute approximate surface area is 147 Å². The van der Waals surface area contributed by atoms with Crippen molar-refractivity contribution in [2.75, 3.05) is 12.8 Å². The summed E-state index contributed by atoms with van der Waals surface area (Å²) in [7, 11) is 0. The number of aromatic nitrogens is 5. The van der Waals surface area contributed by atoms with Gasteiger partial charge < -0.3 is 5.32 Å². The van der Waals surface area contributed by atoms with E-state index < -0.39 is 0 Å². The highest BCUT2D eigenvalue weighted by molar-refractivity contribution is 7.98. The maximum Gasteiger partial charge on any atom is 0.266 e. The molecular formula is C16H16N6O2S.